The zero-order chi connectivity index (χ0) is 21.1. The first-order chi connectivity index (χ1) is 14.0. The Morgan fingerprint density at radius 2 is 1.52 bits per heavy atom. The van der Waals surface area contributed by atoms with Gasteiger partial charge in [-0.15, -0.1) is 0 Å². The smallest absolute Gasteiger partial charge is 0.408 e. The number of benzene rings is 2. The Balaban J connectivity index is 1.96. The van der Waals surface area contributed by atoms with Gasteiger partial charge in [0.15, 0.2) is 0 Å². The largest absolute Gasteiger partial charge is 0.465 e. The van der Waals surface area contributed by atoms with Crippen molar-refractivity contribution < 1.29 is 23.9 Å². The molecule has 0 spiro atoms. The van der Waals surface area contributed by atoms with Crippen molar-refractivity contribution in [3.05, 3.63) is 71.8 Å². The van der Waals surface area contributed by atoms with Crippen molar-refractivity contribution in [1.82, 2.24) is 10.2 Å². The molecule has 2 rings (SSSR count). The molecule has 0 aromatic heterocycles. The number of ether oxygens (including phenoxy) is 2. The van der Waals surface area contributed by atoms with E-state index >= 15 is 0 Å². The minimum absolute atomic E-state index is 0.101. The molecule has 0 aliphatic carbocycles. The van der Waals surface area contributed by atoms with Gasteiger partial charge in [0.05, 0.1) is 6.61 Å². The number of carbonyl (C=O) groups is 3. The number of hydrogen-bond acceptors (Lipinski definition) is 5. The molecule has 1 N–H and O–H groups in total. The van der Waals surface area contributed by atoms with Crippen LogP contribution in [0.15, 0.2) is 60.7 Å². The molecule has 0 saturated carbocycles. The first kappa shape index (κ1) is 21.9. The van der Waals surface area contributed by atoms with E-state index < -0.39 is 24.0 Å². The summed E-state index contributed by atoms with van der Waals surface area (Å²) in [7, 11) is 0. The van der Waals surface area contributed by atoms with E-state index in [4.69, 9.17) is 9.47 Å². The van der Waals surface area contributed by atoms with Gasteiger partial charge in [-0.05, 0) is 25.0 Å². The van der Waals surface area contributed by atoms with Crippen LogP contribution in [0.1, 0.15) is 25.0 Å². The number of carbonyl (C=O) groups excluding carboxylic acids is 3. The number of esters is 1. The van der Waals surface area contributed by atoms with Crippen molar-refractivity contribution in [1.29, 1.82) is 0 Å². The van der Waals surface area contributed by atoms with Crippen molar-refractivity contribution in [3.63, 3.8) is 0 Å². The lowest BCUT2D eigenvalue weighted by Gasteiger charge is -2.25. The fraction of sp³-hybridized carbons (Fsp3) is 0.318. The molecule has 0 bridgehead atoms. The van der Waals surface area contributed by atoms with Gasteiger partial charge in [-0.3, -0.25) is 9.59 Å². The molecule has 0 unspecified atom stereocenters. The molecule has 0 aliphatic heterocycles. The zero-order valence-corrected chi connectivity index (χ0v) is 16.7. The van der Waals surface area contributed by atoms with Gasteiger partial charge in [0.1, 0.15) is 19.2 Å². The van der Waals surface area contributed by atoms with Gasteiger partial charge >= 0.3 is 12.1 Å². The van der Waals surface area contributed by atoms with E-state index in [1.165, 1.54) is 4.90 Å². The first-order valence-electron chi connectivity index (χ1n) is 9.45. The predicted molar refractivity (Wildman–Crippen MR) is 108 cm³/mol. The SMILES string of the molecule is CCOC(=O)CN(Cc1ccccc1)C(=O)[C@H](C)NC(=O)OCc1ccccc1. The molecule has 0 heterocycles. The highest BCUT2D eigenvalue weighted by Gasteiger charge is 2.25. The van der Waals surface area contributed by atoms with E-state index in [-0.39, 0.29) is 26.3 Å². The Morgan fingerprint density at radius 1 is 0.931 bits per heavy atom. The van der Waals surface area contributed by atoms with Crippen LogP contribution in [0, 0.1) is 0 Å². The van der Waals surface area contributed by atoms with Crippen LogP contribution in [-0.4, -0.2) is 42.1 Å². The maximum absolute atomic E-state index is 12.8. The van der Waals surface area contributed by atoms with E-state index in [0.717, 1.165) is 11.1 Å². The molecule has 0 aliphatic rings. The van der Waals surface area contributed by atoms with Crippen LogP contribution in [0.4, 0.5) is 4.79 Å². The van der Waals surface area contributed by atoms with Crippen molar-refractivity contribution in [3.8, 4) is 0 Å². The predicted octanol–water partition coefficient (Wildman–Crippen LogP) is 2.89. The zero-order valence-electron chi connectivity index (χ0n) is 16.7. The lowest BCUT2D eigenvalue weighted by Crippen LogP contribution is -2.48. The number of rotatable bonds is 9. The summed E-state index contributed by atoms with van der Waals surface area (Å²) < 4.78 is 10.1. The summed E-state index contributed by atoms with van der Waals surface area (Å²) in [6, 6.07) is 17.7. The van der Waals surface area contributed by atoms with Gasteiger partial charge in [-0.25, -0.2) is 4.79 Å². The van der Waals surface area contributed by atoms with Crippen LogP contribution in [0.5, 0.6) is 0 Å². The van der Waals surface area contributed by atoms with E-state index in [2.05, 4.69) is 5.32 Å². The maximum Gasteiger partial charge on any atom is 0.408 e. The third-order valence-electron chi connectivity index (χ3n) is 4.07. The molecule has 0 radical (unpaired) electrons. The molecule has 0 fully saturated rings. The highest BCUT2D eigenvalue weighted by Crippen LogP contribution is 2.08. The van der Waals surface area contributed by atoms with Crippen LogP contribution in [0.3, 0.4) is 0 Å². The second-order valence-electron chi connectivity index (χ2n) is 6.41. The number of nitrogens with zero attached hydrogens (tertiary/aromatic N) is 1. The molecule has 2 aromatic rings. The summed E-state index contributed by atoms with van der Waals surface area (Å²) in [6.07, 6.45) is -0.703. The molecule has 7 nitrogen and oxygen atoms in total. The monoisotopic (exact) mass is 398 g/mol. The number of nitrogens with one attached hydrogen (secondary N) is 1. The fourth-order valence-electron chi connectivity index (χ4n) is 2.66. The van der Waals surface area contributed by atoms with E-state index in [9.17, 15) is 14.4 Å². The van der Waals surface area contributed by atoms with Gasteiger partial charge in [0.25, 0.3) is 0 Å². The van der Waals surface area contributed by atoms with Gasteiger partial charge in [-0.2, -0.15) is 0 Å². The lowest BCUT2D eigenvalue weighted by molar-refractivity contribution is -0.149. The van der Waals surface area contributed by atoms with Crippen LogP contribution in [-0.2, 0) is 32.2 Å². The minimum atomic E-state index is -0.864. The summed E-state index contributed by atoms with van der Waals surface area (Å²) >= 11 is 0. The second kappa shape index (κ2) is 11.5. The van der Waals surface area contributed by atoms with Crippen molar-refractivity contribution in [2.45, 2.75) is 33.0 Å². The molecule has 1 atom stereocenters. The molecular formula is C22H26N2O5. The van der Waals surface area contributed by atoms with Crippen LogP contribution in [0.25, 0.3) is 0 Å². The molecule has 2 amide bonds. The van der Waals surface area contributed by atoms with Gasteiger partial charge in [-0.1, -0.05) is 60.7 Å². The normalized spacial score (nSPS) is 11.2. The van der Waals surface area contributed by atoms with Crippen LogP contribution in [0.2, 0.25) is 0 Å². The van der Waals surface area contributed by atoms with E-state index in [1.807, 2.05) is 60.7 Å². The molecule has 154 valence electrons. The number of alkyl carbamates (subject to hydrolysis) is 1. The number of hydrogen-bond donors (Lipinski definition) is 1. The number of amides is 2. The molecule has 2 aromatic carbocycles. The Hall–Kier alpha value is -3.35. The summed E-state index contributed by atoms with van der Waals surface area (Å²) in [4.78, 5) is 38.2. The summed E-state index contributed by atoms with van der Waals surface area (Å²) in [5.41, 5.74) is 1.71. The Bertz CT molecular complexity index is 795. The molecule has 7 heteroatoms. The summed E-state index contributed by atoms with van der Waals surface area (Å²) in [5.74, 6) is -0.908. The van der Waals surface area contributed by atoms with Crippen molar-refractivity contribution in [2.75, 3.05) is 13.2 Å². The lowest BCUT2D eigenvalue weighted by atomic mass is 10.2. The second-order valence-corrected chi connectivity index (χ2v) is 6.41. The third-order valence-corrected chi connectivity index (χ3v) is 4.07. The quantitative estimate of drug-likeness (QED) is 0.657. The minimum Gasteiger partial charge on any atom is -0.465 e. The van der Waals surface area contributed by atoms with Crippen molar-refractivity contribution in [2.24, 2.45) is 0 Å². The molecule has 0 saturated heterocycles. The van der Waals surface area contributed by atoms with Gasteiger partial charge in [0.2, 0.25) is 5.91 Å². The van der Waals surface area contributed by atoms with Gasteiger partial charge in [0, 0.05) is 6.54 Å². The average Bonchev–Trinajstić information content (AvgIpc) is 2.73. The first-order valence-corrected chi connectivity index (χ1v) is 9.45. The standard InChI is InChI=1S/C22H26N2O5/c1-3-28-20(25)15-24(14-18-10-6-4-7-11-18)21(26)17(2)23-22(27)29-16-19-12-8-5-9-13-19/h4-13,17H,3,14-16H2,1-2H3,(H,23,27)/t17-/m0/s1. The van der Waals surface area contributed by atoms with E-state index in [0.29, 0.717) is 0 Å². The topological polar surface area (TPSA) is 84.9 Å². The Labute approximate surface area is 170 Å². The third kappa shape index (κ3) is 7.65. The molecule has 29 heavy (non-hydrogen) atoms. The van der Waals surface area contributed by atoms with Crippen molar-refractivity contribution >= 4 is 18.0 Å². The van der Waals surface area contributed by atoms with E-state index in [1.54, 1.807) is 13.8 Å². The van der Waals surface area contributed by atoms with Gasteiger partial charge < -0.3 is 19.7 Å². The molecular weight excluding hydrogens is 372 g/mol. The van der Waals surface area contributed by atoms with Crippen LogP contribution < -0.4 is 5.32 Å². The highest BCUT2D eigenvalue weighted by atomic mass is 16.5. The Morgan fingerprint density at radius 3 is 2.10 bits per heavy atom. The highest BCUT2D eigenvalue weighted by molar-refractivity contribution is 5.88. The maximum atomic E-state index is 12.8. The average molecular weight is 398 g/mol. The fourth-order valence-corrected chi connectivity index (χ4v) is 2.66. The summed E-state index contributed by atoms with van der Waals surface area (Å²) in [6.45, 7) is 3.61. The summed E-state index contributed by atoms with van der Waals surface area (Å²) in [5, 5.41) is 2.52. The Kier molecular flexibility index (Phi) is 8.69. The van der Waals surface area contributed by atoms with Crippen LogP contribution >= 0.6 is 0 Å².